The van der Waals surface area contributed by atoms with E-state index in [1.165, 1.54) is 0 Å². The monoisotopic (exact) mass is 508 g/mol. The SMILES string of the molecule is CN=C(NCc1cccc(C(=O)NC)c1)N1CCC(Oc2ccccc2)CC1.I. The molecular weight excluding hydrogens is 479 g/mol. The molecule has 2 N–H and O–H groups in total. The lowest BCUT2D eigenvalue weighted by atomic mass is 10.1. The Hall–Kier alpha value is -2.29. The summed E-state index contributed by atoms with van der Waals surface area (Å²) in [6.07, 6.45) is 2.16. The molecule has 0 atom stereocenters. The lowest BCUT2D eigenvalue weighted by molar-refractivity contribution is 0.0963. The molecule has 0 spiro atoms. The number of guanidine groups is 1. The molecule has 156 valence electrons. The largest absolute Gasteiger partial charge is 0.490 e. The maximum Gasteiger partial charge on any atom is 0.251 e. The summed E-state index contributed by atoms with van der Waals surface area (Å²) in [6.45, 7) is 2.42. The van der Waals surface area contributed by atoms with Crippen LogP contribution in [0.25, 0.3) is 0 Å². The topological polar surface area (TPSA) is 66.0 Å². The Bertz CT molecular complexity index is 805. The number of amides is 1. The number of para-hydroxylation sites is 1. The summed E-state index contributed by atoms with van der Waals surface area (Å²) in [5, 5.41) is 6.06. The first-order chi connectivity index (χ1) is 13.7. The van der Waals surface area contributed by atoms with E-state index in [2.05, 4.69) is 20.5 Å². The number of rotatable bonds is 5. The van der Waals surface area contributed by atoms with Gasteiger partial charge in [-0.25, -0.2) is 0 Å². The first-order valence-electron chi connectivity index (χ1n) is 9.68. The van der Waals surface area contributed by atoms with E-state index in [1.54, 1.807) is 14.1 Å². The van der Waals surface area contributed by atoms with Crippen molar-refractivity contribution in [2.75, 3.05) is 27.2 Å². The molecule has 7 heteroatoms. The van der Waals surface area contributed by atoms with E-state index in [1.807, 2.05) is 54.6 Å². The first kappa shape index (κ1) is 23.0. The van der Waals surface area contributed by atoms with Gasteiger partial charge in [0.1, 0.15) is 11.9 Å². The van der Waals surface area contributed by atoms with Crippen molar-refractivity contribution in [1.29, 1.82) is 0 Å². The minimum atomic E-state index is -0.0771. The summed E-state index contributed by atoms with van der Waals surface area (Å²) < 4.78 is 6.07. The Labute approximate surface area is 189 Å². The second-order valence-electron chi connectivity index (χ2n) is 6.80. The molecule has 6 nitrogen and oxygen atoms in total. The average molecular weight is 508 g/mol. The molecule has 1 amide bonds. The molecule has 0 aliphatic carbocycles. The first-order valence-corrected chi connectivity index (χ1v) is 9.68. The molecule has 2 aromatic rings. The molecule has 1 heterocycles. The van der Waals surface area contributed by atoms with Crippen molar-refractivity contribution < 1.29 is 9.53 Å². The van der Waals surface area contributed by atoms with Gasteiger partial charge < -0.3 is 20.3 Å². The molecule has 0 bridgehead atoms. The summed E-state index contributed by atoms with van der Waals surface area (Å²) in [5.41, 5.74) is 1.71. The lowest BCUT2D eigenvalue weighted by Crippen LogP contribution is -2.47. The van der Waals surface area contributed by atoms with E-state index in [0.717, 1.165) is 43.2 Å². The van der Waals surface area contributed by atoms with E-state index < -0.39 is 0 Å². The van der Waals surface area contributed by atoms with Gasteiger partial charge in [0, 0.05) is 52.1 Å². The minimum Gasteiger partial charge on any atom is -0.490 e. The highest BCUT2D eigenvalue weighted by Crippen LogP contribution is 2.18. The van der Waals surface area contributed by atoms with Gasteiger partial charge in [-0.1, -0.05) is 30.3 Å². The van der Waals surface area contributed by atoms with Gasteiger partial charge in [0.15, 0.2) is 5.96 Å². The Balaban J connectivity index is 0.00000300. The Morgan fingerprint density at radius 3 is 2.52 bits per heavy atom. The minimum absolute atomic E-state index is 0. The van der Waals surface area contributed by atoms with Gasteiger partial charge in [-0.05, 0) is 29.8 Å². The number of piperidine rings is 1. The molecule has 1 aliphatic heterocycles. The number of hydrogen-bond acceptors (Lipinski definition) is 3. The lowest BCUT2D eigenvalue weighted by Gasteiger charge is -2.34. The van der Waals surface area contributed by atoms with Crippen LogP contribution in [-0.4, -0.2) is 50.1 Å². The molecule has 0 unspecified atom stereocenters. The molecule has 1 fully saturated rings. The maximum atomic E-state index is 11.8. The number of aliphatic imine (C=N–C) groups is 1. The molecule has 1 saturated heterocycles. The van der Waals surface area contributed by atoms with E-state index in [4.69, 9.17) is 4.74 Å². The predicted octanol–water partition coefficient (Wildman–Crippen LogP) is 3.28. The maximum absolute atomic E-state index is 11.8. The number of hydrogen-bond donors (Lipinski definition) is 2. The van der Waals surface area contributed by atoms with Crippen molar-refractivity contribution in [3.8, 4) is 5.75 Å². The van der Waals surface area contributed by atoms with E-state index in [-0.39, 0.29) is 36.0 Å². The Morgan fingerprint density at radius 2 is 1.86 bits per heavy atom. The highest BCUT2D eigenvalue weighted by atomic mass is 127. The number of carbonyl (C=O) groups excluding carboxylic acids is 1. The number of likely N-dealkylation sites (tertiary alicyclic amines) is 1. The third-order valence-electron chi connectivity index (χ3n) is 4.87. The van der Waals surface area contributed by atoms with Gasteiger partial charge in [0.25, 0.3) is 5.91 Å². The van der Waals surface area contributed by atoms with Crippen molar-refractivity contribution in [1.82, 2.24) is 15.5 Å². The van der Waals surface area contributed by atoms with Crippen molar-refractivity contribution in [3.05, 3.63) is 65.7 Å². The number of ether oxygens (including phenoxy) is 1. The molecule has 0 aromatic heterocycles. The van der Waals surface area contributed by atoms with Crippen LogP contribution in [0.2, 0.25) is 0 Å². The summed E-state index contributed by atoms with van der Waals surface area (Å²) in [4.78, 5) is 18.5. The Kier molecular flexibility index (Phi) is 9.24. The molecule has 3 rings (SSSR count). The average Bonchev–Trinajstić information content (AvgIpc) is 2.75. The van der Waals surface area contributed by atoms with Gasteiger partial charge >= 0.3 is 0 Å². The van der Waals surface area contributed by atoms with Gasteiger partial charge in [-0.3, -0.25) is 9.79 Å². The standard InChI is InChI=1S/C22H28N4O2.HI/c1-23-21(27)18-8-6-7-17(15-18)16-25-22(24-2)26-13-11-20(12-14-26)28-19-9-4-3-5-10-19;/h3-10,15,20H,11-14,16H2,1-2H3,(H,23,27)(H,24,25);1H. The quantitative estimate of drug-likeness (QED) is 0.370. The molecular formula is C22H29IN4O2. The summed E-state index contributed by atoms with van der Waals surface area (Å²) >= 11 is 0. The van der Waals surface area contributed by atoms with Gasteiger partial charge in [-0.2, -0.15) is 0 Å². The molecule has 2 aromatic carbocycles. The van der Waals surface area contributed by atoms with Gasteiger partial charge in [-0.15, -0.1) is 24.0 Å². The number of nitrogens with one attached hydrogen (secondary N) is 2. The van der Waals surface area contributed by atoms with Crippen LogP contribution in [0.15, 0.2) is 59.6 Å². The summed E-state index contributed by atoms with van der Waals surface area (Å²) in [7, 11) is 3.44. The van der Waals surface area contributed by atoms with Crippen molar-refractivity contribution in [3.63, 3.8) is 0 Å². The van der Waals surface area contributed by atoms with E-state index in [9.17, 15) is 4.79 Å². The van der Waals surface area contributed by atoms with Crippen molar-refractivity contribution in [2.45, 2.75) is 25.5 Å². The zero-order valence-electron chi connectivity index (χ0n) is 16.9. The van der Waals surface area contributed by atoms with E-state index in [0.29, 0.717) is 12.1 Å². The van der Waals surface area contributed by atoms with Gasteiger partial charge in [0.05, 0.1) is 0 Å². The van der Waals surface area contributed by atoms with Crippen LogP contribution >= 0.6 is 24.0 Å². The van der Waals surface area contributed by atoms with Crippen LogP contribution in [0.4, 0.5) is 0 Å². The van der Waals surface area contributed by atoms with Crippen LogP contribution in [0, 0.1) is 0 Å². The third-order valence-corrected chi connectivity index (χ3v) is 4.87. The number of carbonyl (C=O) groups is 1. The van der Waals surface area contributed by atoms with Gasteiger partial charge in [0.2, 0.25) is 0 Å². The number of nitrogens with zero attached hydrogens (tertiary/aromatic N) is 2. The summed E-state index contributed by atoms with van der Waals surface area (Å²) in [6, 6.07) is 17.6. The third kappa shape index (κ3) is 6.62. The van der Waals surface area contributed by atoms with Crippen LogP contribution < -0.4 is 15.4 Å². The zero-order chi connectivity index (χ0) is 19.8. The van der Waals surface area contributed by atoms with Crippen LogP contribution in [0.3, 0.4) is 0 Å². The second kappa shape index (κ2) is 11.6. The van der Waals surface area contributed by atoms with Crippen molar-refractivity contribution in [2.24, 2.45) is 4.99 Å². The number of halogens is 1. The molecule has 29 heavy (non-hydrogen) atoms. The molecule has 0 saturated carbocycles. The zero-order valence-corrected chi connectivity index (χ0v) is 19.3. The molecule has 0 radical (unpaired) electrons. The smallest absolute Gasteiger partial charge is 0.251 e. The number of benzene rings is 2. The van der Waals surface area contributed by atoms with Crippen LogP contribution in [0.5, 0.6) is 5.75 Å². The fourth-order valence-corrected chi connectivity index (χ4v) is 3.36. The van der Waals surface area contributed by atoms with Crippen LogP contribution in [-0.2, 0) is 6.54 Å². The molecule has 1 aliphatic rings. The predicted molar refractivity (Wildman–Crippen MR) is 127 cm³/mol. The Morgan fingerprint density at radius 1 is 1.14 bits per heavy atom. The van der Waals surface area contributed by atoms with Crippen LogP contribution in [0.1, 0.15) is 28.8 Å². The summed E-state index contributed by atoms with van der Waals surface area (Å²) in [5.74, 6) is 1.73. The highest BCUT2D eigenvalue weighted by Gasteiger charge is 2.22. The second-order valence-corrected chi connectivity index (χ2v) is 6.80. The van der Waals surface area contributed by atoms with E-state index >= 15 is 0 Å². The fourth-order valence-electron chi connectivity index (χ4n) is 3.36. The normalized spacial score (nSPS) is 14.7. The van der Waals surface area contributed by atoms with Crippen molar-refractivity contribution >= 4 is 35.8 Å². The fraction of sp³-hybridized carbons (Fsp3) is 0.364. The highest BCUT2D eigenvalue weighted by molar-refractivity contribution is 14.0.